The fraction of sp³-hybridized carbons (Fsp3) is 0.0833. The highest BCUT2D eigenvalue weighted by molar-refractivity contribution is 7.16. The Labute approximate surface area is 121 Å². The van der Waals surface area contributed by atoms with Crippen LogP contribution in [0.3, 0.4) is 0 Å². The number of benzene rings is 1. The summed E-state index contributed by atoms with van der Waals surface area (Å²) in [5.74, 6) is 0. The minimum atomic E-state index is -4.42. The van der Waals surface area contributed by atoms with E-state index in [9.17, 15) is 18.0 Å². The number of hydrogen-bond donors (Lipinski definition) is 2. The summed E-state index contributed by atoms with van der Waals surface area (Å²) >= 11 is 0.985. The third-order valence-corrected chi connectivity index (χ3v) is 3.12. The Bertz CT molecular complexity index is 688. The molecule has 0 atom stereocenters. The van der Waals surface area contributed by atoms with E-state index in [1.54, 1.807) is 0 Å². The van der Waals surface area contributed by atoms with Gasteiger partial charge in [0.05, 0.1) is 11.8 Å². The Morgan fingerprint density at radius 2 is 1.90 bits per heavy atom. The first-order chi connectivity index (χ1) is 9.88. The molecule has 0 aliphatic rings. The maximum absolute atomic E-state index is 12.4. The van der Waals surface area contributed by atoms with Crippen molar-refractivity contribution >= 4 is 28.2 Å². The molecule has 0 spiro atoms. The van der Waals surface area contributed by atoms with Gasteiger partial charge in [-0.1, -0.05) is 11.3 Å². The Hall–Kier alpha value is -2.60. The molecule has 1 aromatic heterocycles. The predicted molar refractivity (Wildman–Crippen MR) is 70.9 cm³/mol. The summed E-state index contributed by atoms with van der Waals surface area (Å²) in [5, 5.41) is 13.6. The number of amides is 2. The van der Waals surface area contributed by atoms with Crippen LogP contribution in [-0.2, 0) is 6.18 Å². The van der Waals surface area contributed by atoms with E-state index in [2.05, 4.69) is 15.6 Å². The number of aromatic nitrogens is 1. The first-order valence-electron chi connectivity index (χ1n) is 5.49. The molecule has 5 nitrogen and oxygen atoms in total. The normalized spacial score (nSPS) is 10.8. The van der Waals surface area contributed by atoms with Gasteiger partial charge >= 0.3 is 12.2 Å². The molecular weight excluding hydrogens is 305 g/mol. The smallest absolute Gasteiger partial charge is 0.308 e. The fourth-order valence-electron chi connectivity index (χ4n) is 1.39. The number of thiazole rings is 1. The summed E-state index contributed by atoms with van der Waals surface area (Å²) < 4.78 is 37.1. The van der Waals surface area contributed by atoms with E-state index in [4.69, 9.17) is 5.26 Å². The maximum atomic E-state index is 12.4. The number of alkyl halides is 3. The predicted octanol–water partition coefficient (Wildman–Crippen LogP) is 3.68. The standard InChI is InChI=1S/C12H7F3N4OS/c13-12(14,15)7-1-3-8(4-2-7)18-10(20)19-11-17-6-9(5-16)21-11/h1-4,6H,(H2,17,18,19,20). The van der Waals surface area contributed by atoms with Crippen LogP contribution >= 0.6 is 11.3 Å². The van der Waals surface area contributed by atoms with Gasteiger partial charge in [-0.3, -0.25) is 5.32 Å². The third kappa shape index (κ3) is 3.93. The molecule has 0 radical (unpaired) electrons. The van der Waals surface area contributed by atoms with Gasteiger partial charge in [0, 0.05) is 5.69 Å². The summed E-state index contributed by atoms with van der Waals surface area (Å²) in [6.07, 6.45) is -3.12. The number of hydrogen-bond acceptors (Lipinski definition) is 4. The monoisotopic (exact) mass is 312 g/mol. The molecule has 21 heavy (non-hydrogen) atoms. The van der Waals surface area contributed by atoms with Gasteiger partial charge in [0.1, 0.15) is 10.9 Å². The summed E-state index contributed by atoms with van der Waals surface area (Å²) in [6.45, 7) is 0. The van der Waals surface area contributed by atoms with Gasteiger partial charge in [-0.15, -0.1) is 0 Å². The van der Waals surface area contributed by atoms with Crippen LogP contribution in [0.5, 0.6) is 0 Å². The number of halogens is 3. The molecule has 2 amide bonds. The van der Waals surface area contributed by atoms with E-state index in [1.165, 1.54) is 6.20 Å². The van der Waals surface area contributed by atoms with Crippen LogP contribution < -0.4 is 10.6 Å². The van der Waals surface area contributed by atoms with E-state index in [1.807, 2.05) is 6.07 Å². The minimum absolute atomic E-state index is 0.206. The average Bonchev–Trinajstić information content (AvgIpc) is 2.85. The third-order valence-electron chi connectivity index (χ3n) is 2.31. The highest BCUT2D eigenvalue weighted by atomic mass is 32.1. The molecule has 1 aromatic carbocycles. The van der Waals surface area contributed by atoms with Gasteiger partial charge in [-0.2, -0.15) is 18.4 Å². The van der Waals surface area contributed by atoms with Crippen LogP contribution in [0.15, 0.2) is 30.5 Å². The molecule has 0 bridgehead atoms. The maximum Gasteiger partial charge on any atom is 0.416 e. The van der Waals surface area contributed by atoms with Crippen molar-refractivity contribution in [3.05, 3.63) is 40.9 Å². The van der Waals surface area contributed by atoms with Crippen molar-refractivity contribution in [2.24, 2.45) is 0 Å². The van der Waals surface area contributed by atoms with E-state index in [0.717, 1.165) is 35.6 Å². The van der Waals surface area contributed by atoms with Crippen molar-refractivity contribution in [2.75, 3.05) is 10.6 Å². The molecule has 0 saturated heterocycles. The highest BCUT2D eigenvalue weighted by Gasteiger charge is 2.29. The molecule has 1 heterocycles. The Balaban J connectivity index is 1.98. The SMILES string of the molecule is N#Cc1cnc(NC(=O)Nc2ccc(C(F)(F)F)cc2)s1. The summed E-state index contributed by atoms with van der Waals surface area (Å²) in [7, 11) is 0. The van der Waals surface area contributed by atoms with E-state index in [0.29, 0.717) is 4.88 Å². The molecule has 9 heteroatoms. The van der Waals surface area contributed by atoms with Gasteiger partial charge in [-0.05, 0) is 24.3 Å². The molecule has 108 valence electrons. The lowest BCUT2D eigenvalue weighted by Crippen LogP contribution is -2.19. The average molecular weight is 312 g/mol. The number of urea groups is 1. The largest absolute Gasteiger partial charge is 0.416 e. The zero-order valence-electron chi connectivity index (χ0n) is 10.2. The lowest BCUT2D eigenvalue weighted by Gasteiger charge is -2.08. The van der Waals surface area contributed by atoms with E-state index >= 15 is 0 Å². The second-order valence-electron chi connectivity index (χ2n) is 3.80. The van der Waals surface area contributed by atoms with Gasteiger partial charge < -0.3 is 5.32 Å². The van der Waals surface area contributed by atoms with Gasteiger partial charge in [0.25, 0.3) is 0 Å². The number of carbonyl (C=O) groups is 1. The lowest BCUT2D eigenvalue weighted by atomic mass is 10.2. The molecule has 2 rings (SSSR count). The first kappa shape index (κ1) is 14.8. The second-order valence-corrected chi connectivity index (χ2v) is 4.83. The Morgan fingerprint density at radius 1 is 1.24 bits per heavy atom. The van der Waals surface area contributed by atoms with Crippen LogP contribution in [0.25, 0.3) is 0 Å². The van der Waals surface area contributed by atoms with Crippen LogP contribution in [0.2, 0.25) is 0 Å². The van der Waals surface area contributed by atoms with Gasteiger partial charge in [0.2, 0.25) is 0 Å². The minimum Gasteiger partial charge on any atom is -0.308 e. The Kier molecular flexibility index (Phi) is 4.09. The fourth-order valence-corrected chi connectivity index (χ4v) is 1.99. The highest BCUT2D eigenvalue weighted by Crippen LogP contribution is 2.29. The molecule has 0 unspecified atom stereocenters. The number of rotatable bonds is 2. The molecule has 2 N–H and O–H groups in total. The van der Waals surface area contributed by atoms with Crippen LogP contribution in [0.4, 0.5) is 28.8 Å². The van der Waals surface area contributed by atoms with Crippen molar-refractivity contribution in [2.45, 2.75) is 6.18 Å². The Morgan fingerprint density at radius 3 is 2.43 bits per heavy atom. The zero-order valence-corrected chi connectivity index (χ0v) is 11.0. The molecule has 0 aliphatic heterocycles. The number of nitrogens with zero attached hydrogens (tertiary/aromatic N) is 2. The molecule has 0 saturated carbocycles. The lowest BCUT2D eigenvalue weighted by molar-refractivity contribution is -0.137. The number of nitrogens with one attached hydrogen (secondary N) is 2. The van der Waals surface area contributed by atoms with Gasteiger partial charge in [0.15, 0.2) is 5.13 Å². The topological polar surface area (TPSA) is 77.8 Å². The van der Waals surface area contributed by atoms with Crippen molar-refractivity contribution in [1.29, 1.82) is 5.26 Å². The summed E-state index contributed by atoms with van der Waals surface area (Å²) in [4.78, 5) is 15.7. The summed E-state index contributed by atoms with van der Waals surface area (Å²) in [5.41, 5.74) is -0.593. The van der Waals surface area contributed by atoms with Crippen molar-refractivity contribution in [3.8, 4) is 6.07 Å². The quantitative estimate of drug-likeness (QED) is 0.888. The molecule has 2 aromatic rings. The van der Waals surface area contributed by atoms with Crippen molar-refractivity contribution in [1.82, 2.24) is 4.98 Å². The summed E-state index contributed by atoms with van der Waals surface area (Å²) in [6, 6.07) is 5.23. The molecular formula is C12H7F3N4OS. The van der Waals surface area contributed by atoms with Crippen molar-refractivity contribution < 1.29 is 18.0 Å². The van der Waals surface area contributed by atoms with E-state index in [-0.39, 0.29) is 10.8 Å². The zero-order chi connectivity index (χ0) is 15.5. The van der Waals surface area contributed by atoms with Crippen LogP contribution in [0, 0.1) is 11.3 Å². The number of anilines is 2. The molecule has 0 fully saturated rings. The van der Waals surface area contributed by atoms with Gasteiger partial charge in [-0.25, -0.2) is 9.78 Å². The first-order valence-corrected chi connectivity index (χ1v) is 6.31. The van der Waals surface area contributed by atoms with Crippen LogP contribution in [-0.4, -0.2) is 11.0 Å². The molecule has 0 aliphatic carbocycles. The van der Waals surface area contributed by atoms with E-state index < -0.39 is 17.8 Å². The number of carbonyl (C=O) groups excluding carboxylic acids is 1. The number of nitriles is 1. The second kappa shape index (κ2) is 5.80. The van der Waals surface area contributed by atoms with Crippen molar-refractivity contribution in [3.63, 3.8) is 0 Å². The van der Waals surface area contributed by atoms with Crippen LogP contribution in [0.1, 0.15) is 10.4 Å².